The van der Waals surface area contributed by atoms with Gasteiger partial charge in [-0.05, 0) is 79.4 Å². The summed E-state index contributed by atoms with van der Waals surface area (Å²) < 4.78 is 5.89. The Hall–Kier alpha value is -2.53. The maximum Gasteiger partial charge on any atom is 1.00 e. The standard InChI is InChI=1S/C27H29NO4S.C2H7N.Li.H/c1-19-8-6-7-11-22(19)24-16-21(18-32-17-20-9-4-3-5-10-20)12-13-23(24)26(29)28-25(27(30)31)14-15-33-2;1-3-2;;/h3-13,16,25H,14-15,17-18H2,1-2H3,(H,28,29)(H,30,31);3H,1-2H3;;/q;;+1;-1. The first kappa shape index (κ1) is 32.5. The van der Waals surface area contributed by atoms with Gasteiger partial charge in [-0.15, -0.1) is 0 Å². The van der Waals surface area contributed by atoms with Crippen LogP contribution in [0.2, 0.25) is 0 Å². The number of thioether (sulfide) groups is 1. The molecule has 0 fully saturated rings. The number of aliphatic carboxylic acids is 1. The Kier molecular flexibility index (Phi) is 15.7. The van der Waals surface area contributed by atoms with Crippen molar-refractivity contribution in [3.8, 4) is 11.1 Å². The quantitative estimate of drug-likeness (QED) is 0.339. The van der Waals surface area contributed by atoms with Crippen LogP contribution >= 0.6 is 11.8 Å². The van der Waals surface area contributed by atoms with E-state index in [4.69, 9.17) is 4.74 Å². The van der Waals surface area contributed by atoms with Gasteiger partial charge in [-0.3, -0.25) is 4.79 Å². The minimum Gasteiger partial charge on any atom is -1.00 e. The second-order valence-corrected chi connectivity index (χ2v) is 9.30. The number of ether oxygens (including phenoxy) is 1. The molecule has 0 bridgehead atoms. The Bertz CT molecular complexity index is 1120. The zero-order chi connectivity index (χ0) is 26.3. The van der Waals surface area contributed by atoms with E-state index in [1.54, 1.807) is 17.8 Å². The minimum atomic E-state index is -1.03. The van der Waals surface area contributed by atoms with Gasteiger partial charge in [-0.2, -0.15) is 11.8 Å². The van der Waals surface area contributed by atoms with Crippen molar-refractivity contribution in [3.05, 3.63) is 95.1 Å². The number of carboxylic acid groups (broad SMARTS) is 1. The van der Waals surface area contributed by atoms with E-state index in [2.05, 4.69) is 10.6 Å². The zero-order valence-corrected chi connectivity index (χ0v) is 23.2. The predicted molar refractivity (Wildman–Crippen MR) is 150 cm³/mol. The van der Waals surface area contributed by atoms with Crippen LogP contribution in [0.5, 0.6) is 0 Å². The predicted octanol–water partition coefficient (Wildman–Crippen LogP) is 2.27. The molecule has 0 spiro atoms. The smallest absolute Gasteiger partial charge is 1.00 e. The largest absolute Gasteiger partial charge is 1.00 e. The van der Waals surface area contributed by atoms with Gasteiger partial charge in [0.2, 0.25) is 0 Å². The van der Waals surface area contributed by atoms with Crippen LogP contribution in [0, 0.1) is 6.92 Å². The second-order valence-electron chi connectivity index (χ2n) is 8.32. The third kappa shape index (κ3) is 10.8. The number of aryl methyl sites for hydroxylation is 1. The zero-order valence-electron chi connectivity index (χ0n) is 23.4. The monoisotopic (exact) mass is 516 g/mol. The van der Waals surface area contributed by atoms with E-state index < -0.39 is 17.9 Å². The average Bonchev–Trinajstić information content (AvgIpc) is 2.87. The van der Waals surface area contributed by atoms with Gasteiger partial charge in [0.1, 0.15) is 6.04 Å². The van der Waals surface area contributed by atoms with Gasteiger partial charge >= 0.3 is 24.8 Å². The average molecular weight is 517 g/mol. The number of rotatable bonds is 11. The molecule has 0 aliphatic heterocycles. The molecule has 3 N–H and O–H groups in total. The summed E-state index contributed by atoms with van der Waals surface area (Å²) in [6, 6.07) is 22.5. The van der Waals surface area contributed by atoms with Gasteiger partial charge in [0.25, 0.3) is 5.91 Å². The molecule has 6 nitrogen and oxygen atoms in total. The molecule has 37 heavy (non-hydrogen) atoms. The summed E-state index contributed by atoms with van der Waals surface area (Å²) >= 11 is 1.55. The van der Waals surface area contributed by atoms with Crippen molar-refractivity contribution in [3.63, 3.8) is 0 Å². The fourth-order valence-electron chi connectivity index (χ4n) is 3.57. The van der Waals surface area contributed by atoms with Gasteiger partial charge in [0.05, 0.1) is 13.2 Å². The molecule has 0 aromatic heterocycles. The molecule has 0 aliphatic carbocycles. The minimum absolute atomic E-state index is 0. The van der Waals surface area contributed by atoms with E-state index in [9.17, 15) is 14.7 Å². The molecule has 3 aromatic rings. The maximum absolute atomic E-state index is 13.1. The first-order valence-electron chi connectivity index (χ1n) is 11.8. The van der Waals surface area contributed by atoms with Gasteiger partial charge < -0.3 is 21.9 Å². The van der Waals surface area contributed by atoms with Crippen molar-refractivity contribution in [1.29, 1.82) is 0 Å². The van der Waals surface area contributed by atoms with Crippen LogP contribution in [0.1, 0.15) is 34.9 Å². The maximum atomic E-state index is 13.1. The summed E-state index contributed by atoms with van der Waals surface area (Å²) in [4.78, 5) is 24.8. The third-order valence-corrected chi connectivity index (χ3v) is 6.00. The fourth-order valence-corrected chi connectivity index (χ4v) is 4.04. The number of nitrogens with one attached hydrogen (secondary N) is 2. The molecular formula is C29H37LiN2O4S. The Labute approximate surface area is 238 Å². The van der Waals surface area contributed by atoms with Crippen LogP contribution in [0.3, 0.4) is 0 Å². The van der Waals surface area contributed by atoms with Crippen molar-refractivity contribution in [2.45, 2.75) is 32.6 Å². The van der Waals surface area contributed by atoms with Crippen molar-refractivity contribution in [2.24, 2.45) is 0 Å². The van der Waals surface area contributed by atoms with Crippen LogP contribution in [0.15, 0.2) is 72.8 Å². The molecule has 3 aromatic carbocycles. The van der Waals surface area contributed by atoms with Crippen LogP contribution in [-0.2, 0) is 22.7 Å². The molecule has 0 radical (unpaired) electrons. The Morgan fingerprint density at radius 3 is 2.19 bits per heavy atom. The Morgan fingerprint density at radius 2 is 1.57 bits per heavy atom. The summed E-state index contributed by atoms with van der Waals surface area (Å²) in [7, 11) is 3.75. The van der Waals surface area contributed by atoms with Crippen molar-refractivity contribution in [1.82, 2.24) is 10.6 Å². The van der Waals surface area contributed by atoms with E-state index in [0.29, 0.717) is 31.0 Å². The first-order valence-corrected chi connectivity index (χ1v) is 13.2. The van der Waals surface area contributed by atoms with E-state index in [-0.39, 0.29) is 20.3 Å². The molecule has 1 unspecified atom stereocenters. The van der Waals surface area contributed by atoms with Gasteiger partial charge in [-0.25, -0.2) is 4.79 Å². The van der Waals surface area contributed by atoms with E-state index >= 15 is 0 Å². The van der Waals surface area contributed by atoms with Gasteiger partial charge in [-0.1, -0.05) is 60.7 Å². The summed E-state index contributed by atoms with van der Waals surface area (Å²) in [5, 5.41) is 15.0. The van der Waals surface area contributed by atoms with Gasteiger partial charge in [0, 0.05) is 5.56 Å². The van der Waals surface area contributed by atoms with Crippen molar-refractivity contribution in [2.75, 3.05) is 26.1 Å². The molecule has 0 heterocycles. The molecule has 3 rings (SSSR count). The number of carboxylic acids is 1. The first-order chi connectivity index (χ1) is 17.4. The number of amides is 1. The summed E-state index contributed by atoms with van der Waals surface area (Å²) in [6.45, 7) is 2.90. The molecule has 1 amide bonds. The number of carbonyl (C=O) groups is 2. The van der Waals surface area contributed by atoms with E-state index in [1.165, 1.54) is 0 Å². The number of benzene rings is 3. The number of hydrogen-bond acceptors (Lipinski definition) is 5. The molecule has 0 saturated heterocycles. The van der Waals surface area contributed by atoms with E-state index in [0.717, 1.165) is 27.8 Å². The van der Waals surface area contributed by atoms with E-state index in [1.807, 2.05) is 94.0 Å². The topological polar surface area (TPSA) is 87.7 Å². The van der Waals surface area contributed by atoms with Crippen LogP contribution in [0.25, 0.3) is 11.1 Å². The SMILES string of the molecule is CNC.CSCCC(NC(=O)c1ccc(COCc2ccccc2)cc1-c1ccccc1C)C(=O)O.[H-].[Li+]. The molecule has 0 saturated carbocycles. The molecule has 194 valence electrons. The van der Waals surface area contributed by atoms with Gasteiger partial charge in [0.15, 0.2) is 0 Å². The van der Waals surface area contributed by atoms with Crippen LogP contribution in [0.4, 0.5) is 0 Å². The van der Waals surface area contributed by atoms with Crippen LogP contribution < -0.4 is 29.5 Å². The number of hydrogen-bond donors (Lipinski definition) is 3. The second kappa shape index (κ2) is 17.8. The normalized spacial score (nSPS) is 10.9. The third-order valence-electron chi connectivity index (χ3n) is 5.36. The number of carbonyl (C=O) groups excluding carboxylic acids is 1. The summed E-state index contributed by atoms with van der Waals surface area (Å²) in [5.41, 5.74) is 5.22. The summed E-state index contributed by atoms with van der Waals surface area (Å²) in [5.74, 6) is -0.765. The van der Waals surface area contributed by atoms with Crippen molar-refractivity contribution >= 4 is 23.6 Å². The van der Waals surface area contributed by atoms with Crippen molar-refractivity contribution < 1.29 is 39.7 Å². The fraction of sp³-hybridized carbons (Fsp3) is 0.310. The molecule has 8 heteroatoms. The summed E-state index contributed by atoms with van der Waals surface area (Å²) in [6.07, 6.45) is 2.28. The Balaban J connectivity index is 0.00000261. The molecular weight excluding hydrogens is 479 g/mol. The van der Waals surface area contributed by atoms with Crippen LogP contribution in [-0.4, -0.2) is 49.1 Å². The Morgan fingerprint density at radius 1 is 0.946 bits per heavy atom. The molecule has 0 aliphatic rings. The molecule has 1 atom stereocenters.